The van der Waals surface area contributed by atoms with Gasteiger partial charge in [-0.25, -0.2) is 8.78 Å². The number of benzene rings is 3. The van der Waals surface area contributed by atoms with Crippen LogP contribution in [0, 0.1) is 11.6 Å². The molecule has 0 saturated carbocycles. The second-order valence-corrected chi connectivity index (χ2v) is 10.6. The van der Waals surface area contributed by atoms with E-state index in [4.69, 9.17) is 5.73 Å². The summed E-state index contributed by atoms with van der Waals surface area (Å²) in [5.74, 6) is -0.672. The molecule has 34 heavy (non-hydrogen) atoms. The highest BCUT2D eigenvalue weighted by atomic mass is 19.1. The van der Waals surface area contributed by atoms with Crippen LogP contribution < -0.4 is 5.73 Å². The monoisotopic (exact) mass is 462 g/mol. The number of fused-ring (bicyclic) bond motifs is 2. The first-order valence-electron chi connectivity index (χ1n) is 12.1. The van der Waals surface area contributed by atoms with Gasteiger partial charge in [-0.1, -0.05) is 36.4 Å². The SMILES string of the molecule is CC(C)(O)Cc1ccc(-c2ccc(CN3[C@@H]4CC[C@H]3[C@@H](N)C4)cc2-c2cccc(F)c2)c(F)c1. The minimum atomic E-state index is -0.917. The molecule has 3 aromatic carbocycles. The van der Waals surface area contributed by atoms with E-state index in [1.54, 1.807) is 26.0 Å². The van der Waals surface area contributed by atoms with Crippen LogP contribution in [0.3, 0.4) is 0 Å². The molecule has 0 aromatic heterocycles. The molecule has 0 radical (unpaired) electrons. The summed E-state index contributed by atoms with van der Waals surface area (Å²) in [6, 6.07) is 18.8. The lowest BCUT2D eigenvalue weighted by molar-refractivity contribution is 0.0809. The van der Waals surface area contributed by atoms with Crippen molar-refractivity contribution in [3.8, 4) is 22.3 Å². The minimum Gasteiger partial charge on any atom is -0.390 e. The number of aliphatic hydroxyl groups is 1. The average Bonchev–Trinajstić information content (AvgIpc) is 3.28. The zero-order valence-electron chi connectivity index (χ0n) is 19.8. The zero-order valence-corrected chi connectivity index (χ0v) is 19.8. The first kappa shape index (κ1) is 23.2. The predicted octanol–water partition coefficient (Wildman–Crippen LogP) is 5.68. The van der Waals surface area contributed by atoms with Gasteiger partial charge in [0.05, 0.1) is 5.60 Å². The second-order valence-electron chi connectivity index (χ2n) is 10.6. The first-order valence-corrected chi connectivity index (χ1v) is 12.1. The molecule has 0 spiro atoms. The summed E-state index contributed by atoms with van der Waals surface area (Å²) in [6.45, 7) is 4.21. The van der Waals surface area contributed by atoms with E-state index in [1.807, 2.05) is 24.3 Å². The fourth-order valence-electron chi connectivity index (χ4n) is 5.81. The fraction of sp³-hybridized carbons (Fsp3) is 0.379. The van der Waals surface area contributed by atoms with Crippen molar-refractivity contribution in [3.63, 3.8) is 0 Å². The van der Waals surface area contributed by atoms with Gasteiger partial charge in [-0.2, -0.15) is 0 Å². The Balaban J connectivity index is 1.53. The molecule has 2 heterocycles. The summed E-state index contributed by atoms with van der Waals surface area (Å²) in [4.78, 5) is 2.50. The van der Waals surface area contributed by atoms with Crippen LogP contribution in [0.25, 0.3) is 22.3 Å². The van der Waals surface area contributed by atoms with E-state index in [0.717, 1.165) is 47.2 Å². The van der Waals surface area contributed by atoms with Gasteiger partial charge in [-0.05, 0) is 85.2 Å². The van der Waals surface area contributed by atoms with Crippen LogP contribution in [0.2, 0.25) is 0 Å². The number of hydrogen-bond acceptors (Lipinski definition) is 3. The van der Waals surface area contributed by atoms with Gasteiger partial charge in [0.1, 0.15) is 11.6 Å². The number of nitrogens with zero attached hydrogens (tertiary/aromatic N) is 1. The third kappa shape index (κ3) is 4.65. The lowest BCUT2D eigenvalue weighted by Crippen LogP contribution is -2.36. The molecule has 2 aliphatic heterocycles. The van der Waals surface area contributed by atoms with Gasteiger partial charge in [-0.15, -0.1) is 0 Å². The minimum absolute atomic E-state index is 0.234. The quantitative estimate of drug-likeness (QED) is 0.496. The molecule has 0 amide bonds. The highest BCUT2D eigenvalue weighted by Crippen LogP contribution is 2.40. The van der Waals surface area contributed by atoms with Crippen molar-refractivity contribution in [1.82, 2.24) is 4.90 Å². The van der Waals surface area contributed by atoms with E-state index in [0.29, 0.717) is 24.1 Å². The van der Waals surface area contributed by atoms with E-state index in [2.05, 4.69) is 11.0 Å². The van der Waals surface area contributed by atoms with Crippen molar-refractivity contribution >= 4 is 0 Å². The summed E-state index contributed by atoms with van der Waals surface area (Å²) in [7, 11) is 0. The molecule has 3 nitrogen and oxygen atoms in total. The molecule has 178 valence electrons. The third-order valence-corrected chi connectivity index (χ3v) is 7.27. The van der Waals surface area contributed by atoms with Crippen LogP contribution in [0.5, 0.6) is 0 Å². The standard InChI is InChI=1S/C29H32F2N2O/c1-29(2,34)16-18-6-10-24(26(31)13-18)23-9-7-19(12-25(23)20-4-3-5-21(30)14-20)17-33-22-8-11-28(33)27(32)15-22/h3-7,9-10,12-14,22,27-28,34H,8,11,15-17,32H2,1-2H3/t22-,27+,28+/m1/s1. The number of nitrogens with two attached hydrogens (primary N) is 1. The number of rotatable bonds is 6. The second kappa shape index (κ2) is 8.88. The van der Waals surface area contributed by atoms with Crippen LogP contribution >= 0.6 is 0 Å². The average molecular weight is 463 g/mol. The first-order chi connectivity index (χ1) is 16.2. The Morgan fingerprint density at radius 3 is 2.35 bits per heavy atom. The Hall–Kier alpha value is -2.60. The lowest BCUT2D eigenvalue weighted by atomic mass is 9.90. The molecule has 0 unspecified atom stereocenters. The Kier molecular flexibility index (Phi) is 6.05. The van der Waals surface area contributed by atoms with Gasteiger partial charge >= 0.3 is 0 Å². The molecule has 3 aromatic rings. The molecule has 0 aliphatic carbocycles. The maximum Gasteiger partial charge on any atom is 0.131 e. The summed E-state index contributed by atoms with van der Waals surface area (Å²) in [5.41, 5.74) is 9.98. The smallest absolute Gasteiger partial charge is 0.131 e. The third-order valence-electron chi connectivity index (χ3n) is 7.27. The van der Waals surface area contributed by atoms with Gasteiger partial charge in [0.15, 0.2) is 0 Å². The van der Waals surface area contributed by atoms with Gasteiger partial charge in [0.25, 0.3) is 0 Å². The van der Waals surface area contributed by atoms with Crippen LogP contribution in [0.4, 0.5) is 8.78 Å². The van der Waals surface area contributed by atoms with Crippen LogP contribution in [0.1, 0.15) is 44.2 Å². The van der Waals surface area contributed by atoms with E-state index >= 15 is 4.39 Å². The van der Waals surface area contributed by atoms with E-state index in [1.165, 1.54) is 24.6 Å². The fourth-order valence-corrected chi connectivity index (χ4v) is 5.81. The maximum absolute atomic E-state index is 15.3. The Morgan fingerprint density at radius 2 is 1.71 bits per heavy atom. The van der Waals surface area contributed by atoms with Gasteiger partial charge < -0.3 is 10.8 Å². The predicted molar refractivity (Wildman–Crippen MR) is 132 cm³/mol. The lowest BCUT2D eigenvalue weighted by Gasteiger charge is -2.23. The molecule has 2 aliphatic rings. The summed E-state index contributed by atoms with van der Waals surface area (Å²) < 4.78 is 29.4. The molecule has 2 fully saturated rings. The van der Waals surface area contributed by atoms with Gasteiger partial charge in [0.2, 0.25) is 0 Å². The van der Waals surface area contributed by atoms with Crippen molar-refractivity contribution in [2.45, 2.75) is 69.8 Å². The van der Waals surface area contributed by atoms with Crippen LogP contribution in [-0.4, -0.2) is 33.7 Å². The topological polar surface area (TPSA) is 49.5 Å². The summed E-state index contributed by atoms with van der Waals surface area (Å²) in [5, 5.41) is 10.1. The Morgan fingerprint density at radius 1 is 0.941 bits per heavy atom. The molecule has 2 saturated heterocycles. The van der Waals surface area contributed by atoms with Crippen LogP contribution in [0.15, 0.2) is 60.7 Å². The summed E-state index contributed by atoms with van der Waals surface area (Å²) >= 11 is 0. The Bertz CT molecular complexity index is 1200. The van der Waals surface area contributed by atoms with Crippen molar-refractivity contribution in [3.05, 3.63) is 83.4 Å². The van der Waals surface area contributed by atoms with Gasteiger partial charge in [-0.3, -0.25) is 4.90 Å². The zero-order chi connectivity index (χ0) is 24.0. The van der Waals surface area contributed by atoms with E-state index in [9.17, 15) is 9.50 Å². The van der Waals surface area contributed by atoms with Crippen LogP contribution in [-0.2, 0) is 13.0 Å². The van der Waals surface area contributed by atoms with Gasteiger partial charge in [0, 0.05) is 36.7 Å². The number of halogens is 2. The largest absolute Gasteiger partial charge is 0.390 e. The molecule has 3 N–H and O–H groups in total. The molecule has 2 bridgehead atoms. The molecule has 5 rings (SSSR count). The highest BCUT2D eigenvalue weighted by Gasteiger charge is 2.44. The van der Waals surface area contributed by atoms with Crippen molar-refractivity contribution in [2.75, 3.05) is 0 Å². The van der Waals surface area contributed by atoms with E-state index in [-0.39, 0.29) is 17.7 Å². The molecular weight excluding hydrogens is 430 g/mol. The summed E-state index contributed by atoms with van der Waals surface area (Å²) in [6.07, 6.45) is 3.74. The Labute approximate surface area is 200 Å². The molecular formula is C29H32F2N2O. The van der Waals surface area contributed by atoms with E-state index < -0.39 is 5.60 Å². The highest BCUT2D eigenvalue weighted by molar-refractivity contribution is 5.84. The normalized spacial score (nSPS) is 22.5. The van der Waals surface area contributed by atoms with Crippen molar-refractivity contribution in [1.29, 1.82) is 0 Å². The van der Waals surface area contributed by atoms with Crippen molar-refractivity contribution in [2.24, 2.45) is 5.73 Å². The molecule has 3 atom stereocenters. The van der Waals surface area contributed by atoms with Crippen molar-refractivity contribution < 1.29 is 13.9 Å². The number of hydrogen-bond donors (Lipinski definition) is 2. The molecule has 5 heteroatoms. The maximum atomic E-state index is 15.3.